The highest BCUT2D eigenvalue weighted by Gasteiger charge is 2.13. The molecule has 0 atom stereocenters. The molecule has 116 valence electrons. The third kappa shape index (κ3) is 2.98. The number of hydrogen-bond donors (Lipinski definition) is 1. The normalized spacial score (nSPS) is 12.3. The molecular formula is C16H21N3O2Si. The lowest BCUT2D eigenvalue weighted by atomic mass is 10.2. The molecule has 0 aliphatic heterocycles. The van der Waals surface area contributed by atoms with E-state index < -0.39 is 8.07 Å². The highest BCUT2D eigenvalue weighted by molar-refractivity contribution is 6.76. The van der Waals surface area contributed by atoms with Crippen molar-refractivity contribution in [2.24, 2.45) is 0 Å². The summed E-state index contributed by atoms with van der Waals surface area (Å²) >= 11 is 0. The Kier molecular flexibility index (Phi) is 3.88. The number of nitrogens with zero attached hydrogens (tertiary/aromatic N) is 2. The summed E-state index contributed by atoms with van der Waals surface area (Å²) in [5.41, 5.74) is 1.66. The van der Waals surface area contributed by atoms with Crippen LogP contribution in [0.3, 0.4) is 0 Å². The van der Waals surface area contributed by atoms with Crippen LogP contribution in [0.2, 0.25) is 25.7 Å². The fraction of sp³-hybridized carbons (Fsp3) is 0.375. The predicted molar refractivity (Wildman–Crippen MR) is 92.0 cm³/mol. The van der Waals surface area contributed by atoms with Gasteiger partial charge in [0, 0.05) is 44.7 Å². The summed E-state index contributed by atoms with van der Waals surface area (Å²) in [7, 11) is -1.07. The average molecular weight is 315 g/mol. The van der Waals surface area contributed by atoms with E-state index in [0.29, 0.717) is 12.1 Å². The number of rotatable bonds is 5. The Morgan fingerprint density at radius 3 is 2.86 bits per heavy atom. The van der Waals surface area contributed by atoms with E-state index in [1.807, 2.05) is 16.8 Å². The second-order valence-electron chi connectivity index (χ2n) is 6.76. The number of H-pyrrole nitrogens is 1. The van der Waals surface area contributed by atoms with Gasteiger partial charge < -0.3 is 14.3 Å². The van der Waals surface area contributed by atoms with Crippen molar-refractivity contribution >= 4 is 30.0 Å². The molecule has 3 rings (SSSR count). The van der Waals surface area contributed by atoms with Gasteiger partial charge in [-0.2, -0.15) is 0 Å². The minimum absolute atomic E-state index is 0.0118. The van der Waals surface area contributed by atoms with Crippen molar-refractivity contribution in [2.75, 3.05) is 6.61 Å². The Bertz CT molecular complexity index is 861. The molecule has 0 aromatic carbocycles. The maximum absolute atomic E-state index is 11.8. The summed E-state index contributed by atoms with van der Waals surface area (Å²) in [4.78, 5) is 19.4. The smallest absolute Gasteiger partial charge is 0.190 e. The van der Waals surface area contributed by atoms with Gasteiger partial charge in [-0.05, 0) is 12.1 Å². The first-order chi connectivity index (χ1) is 10.5. The molecule has 0 spiro atoms. The first kappa shape index (κ1) is 15.0. The molecule has 3 aromatic rings. The van der Waals surface area contributed by atoms with Gasteiger partial charge in [0.1, 0.15) is 12.4 Å². The van der Waals surface area contributed by atoms with E-state index in [0.717, 1.165) is 29.2 Å². The minimum atomic E-state index is -1.07. The van der Waals surface area contributed by atoms with Crippen molar-refractivity contribution in [3.63, 3.8) is 0 Å². The Hall–Kier alpha value is -1.92. The Morgan fingerprint density at radius 1 is 1.27 bits per heavy atom. The summed E-state index contributed by atoms with van der Waals surface area (Å²) in [6.45, 7) is 8.28. The van der Waals surface area contributed by atoms with Crippen molar-refractivity contribution in [1.29, 1.82) is 0 Å². The molecule has 0 saturated carbocycles. The molecule has 6 heteroatoms. The number of nitrogens with one attached hydrogen (secondary N) is 1. The molecule has 22 heavy (non-hydrogen) atoms. The lowest BCUT2D eigenvalue weighted by molar-refractivity contribution is 0.0899. The number of aromatic amines is 1. The van der Waals surface area contributed by atoms with Crippen molar-refractivity contribution in [3.05, 3.63) is 40.9 Å². The Morgan fingerprint density at radius 2 is 2.09 bits per heavy atom. The number of fused-ring (bicyclic) bond motifs is 3. The van der Waals surface area contributed by atoms with Crippen LogP contribution in [0.15, 0.2) is 35.5 Å². The van der Waals surface area contributed by atoms with Gasteiger partial charge in [-0.15, -0.1) is 0 Å². The molecule has 0 bridgehead atoms. The summed E-state index contributed by atoms with van der Waals surface area (Å²) in [6.07, 6.45) is 5.26. The summed E-state index contributed by atoms with van der Waals surface area (Å²) in [5.74, 6) is 0. The lowest BCUT2D eigenvalue weighted by Crippen LogP contribution is -2.22. The van der Waals surface area contributed by atoms with Crippen LogP contribution in [-0.2, 0) is 11.5 Å². The third-order valence-electron chi connectivity index (χ3n) is 3.74. The van der Waals surface area contributed by atoms with Crippen LogP contribution in [0.25, 0.3) is 21.9 Å². The quantitative estimate of drug-likeness (QED) is 0.581. The van der Waals surface area contributed by atoms with E-state index in [2.05, 4.69) is 29.6 Å². The fourth-order valence-corrected chi connectivity index (χ4v) is 3.17. The van der Waals surface area contributed by atoms with Crippen LogP contribution in [0.4, 0.5) is 0 Å². The Labute approximate surface area is 129 Å². The largest absolute Gasteiger partial charge is 0.361 e. The number of hydrogen-bond acceptors (Lipinski definition) is 3. The summed E-state index contributed by atoms with van der Waals surface area (Å²) < 4.78 is 7.76. The van der Waals surface area contributed by atoms with Crippen LogP contribution in [0.1, 0.15) is 0 Å². The SMILES string of the molecule is C[Si](C)(C)CCOCn1ccc2c3[nH]ccc(=O)c3cnc21. The fourth-order valence-electron chi connectivity index (χ4n) is 2.42. The maximum Gasteiger partial charge on any atom is 0.190 e. The monoisotopic (exact) mass is 315 g/mol. The van der Waals surface area contributed by atoms with E-state index in [1.54, 1.807) is 12.4 Å². The first-order valence-electron chi connectivity index (χ1n) is 7.49. The molecule has 0 aliphatic rings. The van der Waals surface area contributed by atoms with Gasteiger partial charge in [-0.25, -0.2) is 4.98 Å². The van der Waals surface area contributed by atoms with E-state index in [9.17, 15) is 4.79 Å². The van der Waals surface area contributed by atoms with E-state index in [4.69, 9.17) is 4.74 Å². The number of pyridine rings is 2. The zero-order chi connectivity index (χ0) is 15.7. The second kappa shape index (κ2) is 5.70. The molecule has 3 aromatic heterocycles. The zero-order valence-electron chi connectivity index (χ0n) is 13.2. The predicted octanol–water partition coefficient (Wildman–Crippen LogP) is 3.19. The van der Waals surface area contributed by atoms with Gasteiger partial charge in [0.05, 0.1) is 10.9 Å². The van der Waals surface area contributed by atoms with Gasteiger partial charge in [-0.1, -0.05) is 19.6 Å². The van der Waals surface area contributed by atoms with Crippen molar-refractivity contribution in [2.45, 2.75) is 32.4 Å². The molecule has 5 nitrogen and oxygen atoms in total. The highest BCUT2D eigenvalue weighted by atomic mass is 28.3. The molecule has 0 amide bonds. The molecular weight excluding hydrogens is 294 g/mol. The minimum Gasteiger partial charge on any atom is -0.361 e. The van der Waals surface area contributed by atoms with Crippen LogP contribution in [-0.4, -0.2) is 29.2 Å². The van der Waals surface area contributed by atoms with Gasteiger partial charge in [0.25, 0.3) is 0 Å². The maximum atomic E-state index is 11.8. The van der Waals surface area contributed by atoms with Gasteiger partial charge in [-0.3, -0.25) is 4.79 Å². The van der Waals surface area contributed by atoms with Crippen LogP contribution in [0, 0.1) is 0 Å². The average Bonchev–Trinajstić information content (AvgIpc) is 2.86. The molecule has 1 N–H and O–H groups in total. The third-order valence-corrected chi connectivity index (χ3v) is 5.45. The number of ether oxygens (including phenoxy) is 1. The van der Waals surface area contributed by atoms with Crippen LogP contribution < -0.4 is 5.43 Å². The van der Waals surface area contributed by atoms with E-state index in [1.165, 1.54) is 6.07 Å². The lowest BCUT2D eigenvalue weighted by Gasteiger charge is -2.15. The van der Waals surface area contributed by atoms with E-state index in [-0.39, 0.29) is 5.43 Å². The summed E-state index contributed by atoms with van der Waals surface area (Å²) in [5, 5.41) is 1.57. The molecule has 0 saturated heterocycles. The molecule has 0 unspecified atom stereocenters. The summed E-state index contributed by atoms with van der Waals surface area (Å²) in [6, 6.07) is 4.64. The highest BCUT2D eigenvalue weighted by Crippen LogP contribution is 2.20. The van der Waals surface area contributed by atoms with Crippen LogP contribution >= 0.6 is 0 Å². The van der Waals surface area contributed by atoms with Crippen LogP contribution in [0.5, 0.6) is 0 Å². The molecule has 0 radical (unpaired) electrons. The standard InChI is InChI=1S/C16H21N3O2Si/c1-22(2,3)9-8-21-11-19-7-5-12-15-13(10-18-16(12)19)14(20)4-6-17-15/h4-7,10H,8-9,11H2,1-3H3,(H,17,20). The molecule has 0 fully saturated rings. The zero-order valence-corrected chi connectivity index (χ0v) is 14.2. The van der Waals surface area contributed by atoms with Crippen molar-refractivity contribution < 1.29 is 4.74 Å². The van der Waals surface area contributed by atoms with Gasteiger partial charge >= 0.3 is 0 Å². The molecule has 3 heterocycles. The second-order valence-corrected chi connectivity index (χ2v) is 12.4. The molecule has 0 aliphatic carbocycles. The van der Waals surface area contributed by atoms with Crippen molar-refractivity contribution in [1.82, 2.24) is 14.5 Å². The first-order valence-corrected chi connectivity index (χ1v) is 11.2. The van der Waals surface area contributed by atoms with Gasteiger partial charge in [0.15, 0.2) is 5.43 Å². The van der Waals surface area contributed by atoms with Gasteiger partial charge in [0.2, 0.25) is 0 Å². The Balaban J connectivity index is 1.85. The van der Waals surface area contributed by atoms with E-state index >= 15 is 0 Å². The van der Waals surface area contributed by atoms with Crippen molar-refractivity contribution in [3.8, 4) is 0 Å². The topological polar surface area (TPSA) is 59.9 Å². The number of aromatic nitrogens is 3.